The Morgan fingerprint density at radius 3 is 2.34 bits per heavy atom. The van der Waals surface area contributed by atoms with Crippen LogP contribution in [0.2, 0.25) is 0 Å². The summed E-state index contributed by atoms with van der Waals surface area (Å²) in [6.07, 6.45) is 0. The Labute approximate surface area is 190 Å². The van der Waals surface area contributed by atoms with Crippen molar-refractivity contribution in [1.82, 2.24) is 10.2 Å². The molecule has 9 heteroatoms. The van der Waals surface area contributed by atoms with E-state index in [0.29, 0.717) is 19.8 Å². The van der Waals surface area contributed by atoms with Gasteiger partial charge in [-0.1, -0.05) is 48.0 Å². The smallest absolute Gasteiger partial charge is 0.183 e. The number of nitrogens with zero attached hydrogens (tertiary/aromatic N) is 1. The highest BCUT2D eigenvalue weighted by atomic mass is 32.2. The fourth-order valence-electron chi connectivity index (χ4n) is 4.50. The standard InChI is InChI=1S/C23H30N2O5S2/c1-18-7-9-19(10-8-18)22(25-11-13-30-14-12-25)15-24-21-16-31(26,27)17-23(21)32(28,29)20-5-3-2-4-6-20/h2-10,21-24H,11-17H2,1H3/t21-,22?,23-/m0/s1. The van der Waals surface area contributed by atoms with Crippen LogP contribution in [0.25, 0.3) is 0 Å². The van der Waals surface area contributed by atoms with E-state index in [1.165, 1.54) is 17.7 Å². The van der Waals surface area contributed by atoms with Gasteiger partial charge in [-0.2, -0.15) is 0 Å². The van der Waals surface area contributed by atoms with E-state index in [9.17, 15) is 16.8 Å². The molecule has 174 valence electrons. The SMILES string of the molecule is Cc1ccc(C(CN[C@H]2CS(=O)(=O)C[C@@H]2S(=O)(=O)c2ccccc2)N2CCOCC2)cc1. The third kappa shape index (κ3) is 5.23. The molecule has 3 atom stereocenters. The van der Waals surface area contributed by atoms with Crippen LogP contribution < -0.4 is 5.32 Å². The average Bonchev–Trinajstić information content (AvgIpc) is 3.11. The highest BCUT2D eigenvalue weighted by molar-refractivity contribution is 7.96. The molecule has 2 aromatic rings. The zero-order valence-electron chi connectivity index (χ0n) is 18.2. The molecular weight excluding hydrogens is 448 g/mol. The van der Waals surface area contributed by atoms with Crippen molar-refractivity contribution in [3.8, 4) is 0 Å². The molecule has 32 heavy (non-hydrogen) atoms. The summed E-state index contributed by atoms with van der Waals surface area (Å²) in [6.45, 7) is 5.33. The molecule has 1 unspecified atom stereocenters. The van der Waals surface area contributed by atoms with E-state index < -0.39 is 31.0 Å². The fourth-order valence-corrected chi connectivity index (χ4v) is 9.23. The lowest BCUT2D eigenvalue weighted by molar-refractivity contribution is 0.0158. The topological polar surface area (TPSA) is 92.8 Å². The van der Waals surface area contributed by atoms with Crippen molar-refractivity contribution in [3.05, 3.63) is 65.7 Å². The first-order chi connectivity index (χ1) is 15.3. The predicted molar refractivity (Wildman–Crippen MR) is 124 cm³/mol. The first-order valence-corrected chi connectivity index (χ1v) is 14.2. The molecule has 0 aliphatic carbocycles. The highest BCUT2D eigenvalue weighted by Crippen LogP contribution is 2.27. The molecule has 2 aliphatic rings. The molecule has 4 rings (SSSR count). The normalized spacial score (nSPS) is 24.9. The van der Waals surface area contributed by atoms with Crippen LogP contribution in [0.4, 0.5) is 0 Å². The maximum absolute atomic E-state index is 13.3. The Hall–Kier alpha value is -1.78. The number of sulfone groups is 2. The lowest BCUT2D eigenvalue weighted by atomic mass is 10.0. The van der Waals surface area contributed by atoms with Gasteiger partial charge in [0.25, 0.3) is 0 Å². The van der Waals surface area contributed by atoms with Crippen molar-refractivity contribution in [3.63, 3.8) is 0 Å². The van der Waals surface area contributed by atoms with Gasteiger partial charge in [-0.25, -0.2) is 16.8 Å². The summed E-state index contributed by atoms with van der Waals surface area (Å²) in [5.41, 5.74) is 2.28. The number of nitrogens with one attached hydrogen (secondary N) is 1. The van der Waals surface area contributed by atoms with Crippen LogP contribution in [0.5, 0.6) is 0 Å². The maximum Gasteiger partial charge on any atom is 0.183 e. The molecule has 2 aromatic carbocycles. The van der Waals surface area contributed by atoms with Gasteiger partial charge in [0.15, 0.2) is 19.7 Å². The molecule has 2 fully saturated rings. The van der Waals surface area contributed by atoms with Gasteiger partial charge < -0.3 is 10.1 Å². The number of rotatable bonds is 7. The van der Waals surface area contributed by atoms with Crippen molar-refractivity contribution in [2.45, 2.75) is 29.2 Å². The Morgan fingerprint density at radius 2 is 1.69 bits per heavy atom. The van der Waals surface area contributed by atoms with Crippen molar-refractivity contribution < 1.29 is 21.6 Å². The van der Waals surface area contributed by atoms with E-state index in [0.717, 1.165) is 18.7 Å². The Balaban J connectivity index is 1.57. The second-order valence-corrected chi connectivity index (χ2v) is 12.9. The third-order valence-electron chi connectivity index (χ3n) is 6.29. The second-order valence-electron chi connectivity index (χ2n) is 8.56. The molecule has 7 nitrogen and oxygen atoms in total. The van der Waals surface area contributed by atoms with E-state index in [4.69, 9.17) is 4.74 Å². The first kappa shape index (κ1) is 23.4. The summed E-state index contributed by atoms with van der Waals surface area (Å²) in [5.74, 6) is -0.526. The quantitative estimate of drug-likeness (QED) is 0.646. The van der Waals surface area contributed by atoms with Crippen LogP contribution in [0.15, 0.2) is 59.5 Å². The van der Waals surface area contributed by atoms with E-state index in [-0.39, 0.29) is 22.4 Å². The number of morpholine rings is 1. The Morgan fingerprint density at radius 1 is 1.03 bits per heavy atom. The minimum atomic E-state index is -3.78. The number of hydrogen-bond donors (Lipinski definition) is 1. The van der Waals surface area contributed by atoms with Crippen LogP contribution in [-0.2, 0) is 24.4 Å². The molecular formula is C23H30N2O5S2. The third-order valence-corrected chi connectivity index (χ3v) is 10.5. The molecule has 0 bridgehead atoms. The van der Waals surface area contributed by atoms with Gasteiger partial charge in [0.2, 0.25) is 0 Å². The van der Waals surface area contributed by atoms with Gasteiger partial charge in [0.1, 0.15) is 0 Å². The Bertz CT molecular complexity index is 1110. The number of ether oxygens (including phenoxy) is 1. The monoisotopic (exact) mass is 478 g/mol. The van der Waals surface area contributed by atoms with Gasteiger partial charge >= 0.3 is 0 Å². The average molecular weight is 479 g/mol. The zero-order chi connectivity index (χ0) is 22.8. The lowest BCUT2D eigenvalue weighted by Gasteiger charge is -2.36. The molecule has 0 saturated carbocycles. The van der Waals surface area contributed by atoms with Crippen LogP contribution >= 0.6 is 0 Å². The molecule has 1 N–H and O–H groups in total. The minimum absolute atomic E-state index is 0.00267. The van der Waals surface area contributed by atoms with Crippen molar-refractivity contribution in [2.75, 3.05) is 44.4 Å². The first-order valence-electron chi connectivity index (χ1n) is 10.9. The predicted octanol–water partition coefficient (Wildman–Crippen LogP) is 1.60. The van der Waals surface area contributed by atoms with E-state index in [2.05, 4.69) is 34.5 Å². The van der Waals surface area contributed by atoms with Gasteiger partial charge in [-0.05, 0) is 24.6 Å². The number of hydrogen-bond acceptors (Lipinski definition) is 7. The summed E-state index contributed by atoms with van der Waals surface area (Å²) in [4.78, 5) is 2.47. The van der Waals surface area contributed by atoms with Gasteiger partial charge in [-0.3, -0.25) is 4.90 Å². The van der Waals surface area contributed by atoms with E-state index in [1.807, 2.05) is 6.92 Å². The fraction of sp³-hybridized carbons (Fsp3) is 0.478. The summed E-state index contributed by atoms with van der Waals surface area (Å²) < 4.78 is 56.9. The zero-order valence-corrected chi connectivity index (χ0v) is 19.8. The van der Waals surface area contributed by atoms with Crippen molar-refractivity contribution >= 4 is 19.7 Å². The van der Waals surface area contributed by atoms with Crippen LogP contribution in [0, 0.1) is 6.92 Å². The van der Waals surface area contributed by atoms with Crippen molar-refractivity contribution in [1.29, 1.82) is 0 Å². The molecule has 0 amide bonds. The molecule has 0 aromatic heterocycles. The van der Waals surface area contributed by atoms with Crippen LogP contribution in [-0.4, -0.2) is 77.4 Å². The lowest BCUT2D eigenvalue weighted by Crippen LogP contribution is -2.48. The van der Waals surface area contributed by atoms with Crippen molar-refractivity contribution in [2.24, 2.45) is 0 Å². The van der Waals surface area contributed by atoms with E-state index >= 15 is 0 Å². The second kappa shape index (κ2) is 9.61. The van der Waals surface area contributed by atoms with Gasteiger partial charge in [0, 0.05) is 31.7 Å². The van der Waals surface area contributed by atoms with Crippen LogP contribution in [0.3, 0.4) is 0 Å². The number of benzene rings is 2. The largest absolute Gasteiger partial charge is 0.379 e. The summed E-state index contributed by atoms with van der Waals surface area (Å²) >= 11 is 0. The molecule has 0 radical (unpaired) electrons. The molecule has 0 spiro atoms. The van der Waals surface area contributed by atoms with Gasteiger partial charge in [0.05, 0.1) is 34.9 Å². The minimum Gasteiger partial charge on any atom is -0.379 e. The molecule has 2 aliphatic heterocycles. The molecule has 2 saturated heterocycles. The Kier molecular flexibility index (Phi) is 7.02. The maximum atomic E-state index is 13.3. The number of aryl methyl sites for hydroxylation is 1. The van der Waals surface area contributed by atoms with Gasteiger partial charge in [-0.15, -0.1) is 0 Å². The summed E-state index contributed by atoms with van der Waals surface area (Å²) in [5, 5.41) is 2.33. The molecule has 2 heterocycles. The van der Waals surface area contributed by atoms with E-state index in [1.54, 1.807) is 18.2 Å². The highest BCUT2D eigenvalue weighted by Gasteiger charge is 2.46. The summed E-state index contributed by atoms with van der Waals surface area (Å²) in [6, 6.07) is 15.8. The van der Waals surface area contributed by atoms with Crippen LogP contribution in [0.1, 0.15) is 17.2 Å². The summed E-state index contributed by atoms with van der Waals surface area (Å²) in [7, 11) is -7.23.